The van der Waals surface area contributed by atoms with E-state index in [9.17, 15) is 14.9 Å². The van der Waals surface area contributed by atoms with Crippen molar-refractivity contribution in [1.82, 2.24) is 0 Å². The van der Waals surface area contributed by atoms with Gasteiger partial charge in [-0.05, 0) is 66.2 Å². The van der Waals surface area contributed by atoms with Gasteiger partial charge < -0.3 is 21.7 Å². The van der Waals surface area contributed by atoms with E-state index in [-0.39, 0.29) is 28.4 Å². The van der Waals surface area contributed by atoms with Crippen LogP contribution in [0.15, 0.2) is 140 Å². The van der Waals surface area contributed by atoms with Crippen LogP contribution < -0.4 is 37.6 Å². The lowest BCUT2D eigenvalue weighted by Gasteiger charge is -2.28. The summed E-state index contributed by atoms with van der Waals surface area (Å²) < 4.78 is 5.43. The van der Waals surface area contributed by atoms with E-state index in [4.69, 9.17) is 4.74 Å². The molecule has 5 nitrogen and oxygen atoms in total. The van der Waals surface area contributed by atoms with E-state index in [1.165, 1.54) is 40.2 Å². The molecule has 0 aliphatic rings. The fourth-order valence-corrected chi connectivity index (χ4v) is 8.83. The maximum absolute atomic E-state index is 12.7. The Balaban J connectivity index is 0.00000353. The summed E-state index contributed by atoms with van der Waals surface area (Å²) in [6.07, 6.45) is 0.794. The van der Waals surface area contributed by atoms with E-state index < -0.39 is 18.2 Å². The zero-order valence-corrected chi connectivity index (χ0v) is 23.4. The molecule has 0 heterocycles. The summed E-state index contributed by atoms with van der Waals surface area (Å²) in [5, 5.41) is 14.7. The van der Waals surface area contributed by atoms with Crippen molar-refractivity contribution in [3.8, 4) is 5.75 Å². The first-order valence-electron chi connectivity index (χ1n) is 12.2. The second kappa shape index (κ2) is 12.6. The summed E-state index contributed by atoms with van der Waals surface area (Å²) in [5.74, 6) is -0.257. The molecule has 0 bridgehead atoms. The minimum atomic E-state index is -2.05. The Labute approximate surface area is 238 Å². The molecule has 0 aliphatic heterocycles. The highest BCUT2D eigenvalue weighted by Gasteiger charge is 2.45. The van der Waals surface area contributed by atoms with Crippen molar-refractivity contribution in [3.63, 3.8) is 0 Å². The maximum Gasteiger partial charge on any atom is 0.343 e. The highest BCUT2D eigenvalue weighted by atomic mass is 79.9. The third kappa shape index (κ3) is 6.14. The molecule has 0 atom stereocenters. The van der Waals surface area contributed by atoms with Gasteiger partial charge in [-0.1, -0.05) is 66.7 Å². The van der Waals surface area contributed by atoms with Crippen LogP contribution >= 0.6 is 7.26 Å². The van der Waals surface area contributed by atoms with Gasteiger partial charge in [-0.25, -0.2) is 4.79 Å². The molecule has 5 rings (SSSR count). The maximum atomic E-state index is 12.7. The Bertz CT molecular complexity index is 1430. The first kappa shape index (κ1) is 27.9. The minimum Gasteiger partial charge on any atom is -1.00 e. The lowest BCUT2D eigenvalue weighted by Crippen LogP contribution is -3.00. The third-order valence-corrected chi connectivity index (χ3v) is 10.8. The van der Waals surface area contributed by atoms with Gasteiger partial charge in [0.05, 0.1) is 16.6 Å². The van der Waals surface area contributed by atoms with Crippen LogP contribution in [-0.4, -0.2) is 10.9 Å². The van der Waals surface area contributed by atoms with Crippen LogP contribution in [0, 0.1) is 10.1 Å². The summed E-state index contributed by atoms with van der Waals surface area (Å²) in [5.41, 5.74) is 1.47. The first-order valence-corrected chi connectivity index (χ1v) is 14.1. The van der Waals surface area contributed by atoms with Gasteiger partial charge in [-0.3, -0.25) is 10.1 Å². The van der Waals surface area contributed by atoms with Crippen LogP contribution in [0.3, 0.4) is 0 Å². The first-order chi connectivity index (χ1) is 18.6. The molecule has 0 saturated carbocycles. The number of esters is 1. The van der Waals surface area contributed by atoms with Crippen molar-refractivity contribution in [2.24, 2.45) is 0 Å². The number of nitro benzene ring substituents is 1. The number of carbonyl (C=O) groups excluding carboxylic acids is 1. The van der Waals surface area contributed by atoms with Crippen LogP contribution in [0.25, 0.3) is 0 Å². The molecule has 0 spiro atoms. The molecule has 39 heavy (non-hydrogen) atoms. The lowest BCUT2D eigenvalue weighted by molar-refractivity contribution is -0.384. The van der Waals surface area contributed by atoms with Crippen LogP contribution in [0.5, 0.6) is 5.75 Å². The predicted molar refractivity (Wildman–Crippen MR) is 153 cm³/mol. The Kier molecular flexibility index (Phi) is 9.03. The summed E-state index contributed by atoms with van der Waals surface area (Å²) in [6.45, 7) is 0. The standard InChI is InChI=1S/C32H25NO4P.BrH/c34-32(37-28-22-20-27(21-23-28)33(35)36)26-18-16-25(17-19-26)24-38(29-10-4-1-5-11-29,30-12-6-2-7-13-30)31-14-8-3-9-15-31;/h1-23H,24H2;1H/q+1;/p-1. The highest BCUT2D eigenvalue weighted by molar-refractivity contribution is 7.95. The minimum absolute atomic E-state index is 0. The van der Waals surface area contributed by atoms with Crippen LogP contribution in [0.4, 0.5) is 5.69 Å². The van der Waals surface area contributed by atoms with E-state index in [1.807, 2.05) is 30.3 Å². The number of nitrogens with zero attached hydrogens (tertiary/aromatic N) is 1. The van der Waals surface area contributed by atoms with Crippen LogP contribution in [0.2, 0.25) is 0 Å². The van der Waals surface area contributed by atoms with Gasteiger partial charge in [0, 0.05) is 12.1 Å². The predicted octanol–water partition coefficient (Wildman–Crippen LogP) is 3.31. The van der Waals surface area contributed by atoms with Gasteiger partial charge in [-0.2, -0.15) is 0 Å². The molecule has 0 aromatic heterocycles. The summed E-state index contributed by atoms with van der Waals surface area (Å²) >= 11 is 0. The van der Waals surface area contributed by atoms with Crippen molar-refractivity contribution in [2.45, 2.75) is 6.16 Å². The number of hydrogen-bond acceptors (Lipinski definition) is 4. The van der Waals surface area contributed by atoms with Crippen molar-refractivity contribution < 1.29 is 31.4 Å². The van der Waals surface area contributed by atoms with Crippen molar-refractivity contribution in [2.75, 3.05) is 0 Å². The second-order valence-corrected chi connectivity index (χ2v) is 12.3. The van der Waals surface area contributed by atoms with E-state index in [0.717, 1.165) is 11.7 Å². The lowest BCUT2D eigenvalue weighted by atomic mass is 10.1. The van der Waals surface area contributed by atoms with Crippen molar-refractivity contribution >= 4 is 34.8 Å². The Morgan fingerprint density at radius 2 is 1.08 bits per heavy atom. The smallest absolute Gasteiger partial charge is 0.343 e. The third-order valence-electron chi connectivity index (χ3n) is 6.46. The molecular formula is C32H25BrNO4P. The topological polar surface area (TPSA) is 69.4 Å². The monoisotopic (exact) mass is 597 g/mol. The molecule has 5 aromatic rings. The Hall–Kier alpha value is -4.12. The van der Waals surface area contributed by atoms with E-state index in [1.54, 1.807) is 12.1 Å². The number of hydrogen-bond donors (Lipinski definition) is 0. The molecule has 5 aromatic carbocycles. The number of benzene rings is 5. The summed E-state index contributed by atoms with van der Waals surface area (Å²) in [7, 11) is -2.05. The summed E-state index contributed by atoms with van der Waals surface area (Å²) in [4.78, 5) is 23.1. The molecule has 194 valence electrons. The van der Waals surface area contributed by atoms with E-state index >= 15 is 0 Å². The summed E-state index contributed by atoms with van der Waals surface area (Å²) in [6, 6.07) is 44.9. The highest BCUT2D eigenvalue weighted by Crippen LogP contribution is 2.58. The molecular weight excluding hydrogens is 573 g/mol. The Morgan fingerprint density at radius 1 is 0.641 bits per heavy atom. The van der Waals surface area contributed by atoms with Crippen LogP contribution in [0.1, 0.15) is 15.9 Å². The molecule has 0 saturated heterocycles. The number of ether oxygens (including phenoxy) is 1. The number of nitro groups is 1. The normalized spacial score (nSPS) is 10.8. The van der Waals surface area contributed by atoms with Gasteiger partial charge in [0.2, 0.25) is 0 Å². The van der Waals surface area contributed by atoms with E-state index in [0.29, 0.717) is 5.56 Å². The van der Waals surface area contributed by atoms with Crippen LogP contribution in [-0.2, 0) is 6.16 Å². The Morgan fingerprint density at radius 3 is 1.49 bits per heavy atom. The number of halogens is 1. The quantitative estimate of drug-likeness (QED) is 0.0905. The molecule has 0 amide bonds. The van der Waals surface area contributed by atoms with Gasteiger partial charge in [0.15, 0.2) is 0 Å². The number of non-ortho nitro benzene ring substituents is 1. The molecule has 0 radical (unpaired) electrons. The zero-order chi connectivity index (χ0) is 26.4. The molecule has 0 aliphatic carbocycles. The molecule has 0 unspecified atom stereocenters. The fraction of sp³-hybridized carbons (Fsp3) is 0.0312. The average Bonchev–Trinajstić information content (AvgIpc) is 2.98. The van der Waals surface area contributed by atoms with Gasteiger partial charge in [0.1, 0.15) is 28.9 Å². The number of rotatable bonds is 8. The van der Waals surface area contributed by atoms with Gasteiger partial charge >= 0.3 is 5.97 Å². The molecule has 0 N–H and O–H groups in total. The average molecular weight is 598 g/mol. The zero-order valence-electron chi connectivity index (χ0n) is 20.9. The van der Waals surface area contributed by atoms with Crippen molar-refractivity contribution in [3.05, 3.63) is 161 Å². The van der Waals surface area contributed by atoms with Gasteiger partial charge in [0.25, 0.3) is 5.69 Å². The second-order valence-electron chi connectivity index (χ2n) is 8.81. The largest absolute Gasteiger partial charge is 1.00 e. The van der Waals surface area contributed by atoms with E-state index in [2.05, 4.69) is 72.8 Å². The van der Waals surface area contributed by atoms with Crippen molar-refractivity contribution in [1.29, 1.82) is 0 Å². The fourth-order valence-electron chi connectivity index (χ4n) is 4.59. The molecule has 0 fully saturated rings. The van der Waals surface area contributed by atoms with Gasteiger partial charge in [-0.15, -0.1) is 0 Å². The number of carbonyl (C=O) groups is 1. The SMILES string of the molecule is O=C(Oc1ccc([N+](=O)[O-])cc1)c1ccc(C[P+](c2ccccc2)(c2ccccc2)c2ccccc2)cc1.[Br-]. The molecule has 7 heteroatoms.